The number of hydrogen-bond acceptors (Lipinski definition) is 2. The van der Waals surface area contributed by atoms with E-state index in [1.807, 2.05) is 80.6 Å². The molecule has 0 atom stereocenters. The molecule has 0 fully saturated rings. The van der Waals surface area contributed by atoms with Gasteiger partial charge in [-0.15, -0.1) is 0 Å². The minimum Gasteiger partial charge on any atom is -0.488 e. The molecular formula is C31H24F3IO2. The Morgan fingerprint density at radius 3 is 2.24 bits per heavy atom. The van der Waals surface area contributed by atoms with Crippen LogP contribution in [-0.4, -0.2) is 6.29 Å². The van der Waals surface area contributed by atoms with E-state index in [-0.39, 0.29) is 23.5 Å². The van der Waals surface area contributed by atoms with E-state index in [4.69, 9.17) is 4.74 Å². The average Bonchev–Trinajstić information content (AvgIpc) is 2.88. The second-order valence-electron chi connectivity index (χ2n) is 8.68. The highest BCUT2D eigenvalue weighted by Crippen LogP contribution is 2.37. The lowest BCUT2D eigenvalue weighted by Gasteiger charge is -2.16. The molecule has 0 saturated heterocycles. The van der Waals surface area contributed by atoms with E-state index in [2.05, 4.69) is 22.6 Å². The lowest BCUT2D eigenvalue weighted by molar-refractivity contribution is -0.137. The average molecular weight is 612 g/mol. The Morgan fingerprint density at radius 1 is 0.838 bits per heavy atom. The molecule has 188 valence electrons. The SMILES string of the molecule is Cc1ccc(COc2cc(/C=C/c3cccc(-c4ccccc4)c3C)c(C(F)(F)F)cc2C=O)cc1I. The maximum absolute atomic E-state index is 13.9. The van der Waals surface area contributed by atoms with E-state index >= 15 is 0 Å². The molecule has 0 aliphatic heterocycles. The molecular weight excluding hydrogens is 588 g/mol. The van der Waals surface area contributed by atoms with Crippen LogP contribution in [0.2, 0.25) is 0 Å². The van der Waals surface area contributed by atoms with E-state index in [1.165, 1.54) is 12.1 Å². The molecule has 4 rings (SSSR count). The summed E-state index contributed by atoms with van der Waals surface area (Å²) >= 11 is 2.22. The molecule has 4 aromatic carbocycles. The summed E-state index contributed by atoms with van der Waals surface area (Å²) in [6.07, 6.45) is -1.15. The Labute approximate surface area is 228 Å². The summed E-state index contributed by atoms with van der Waals surface area (Å²) in [6, 6.07) is 23.5. The fourth-order valence-electron chi connectivity index (χ4n) is 4.04. The summed E-state index contributed by atoms with van der Waals surface area (Å²) < 4.78 is 48.7. The number of ether oxygens (including phenoxy) is 1. The monoisotopic (exact) mass is 612 g/mol. The molecule has 0 amide bonds. The van der Waals surface area contributed by atoms with Crippen molar-refractivity contribution in [3.8, 4) is 16.9 Å². The van der Waals surface area contributed by atoms with Gasteiger partial charge in [0.05, 0.1) is 11.1 Å². The summed E-state index contributed by atoms with van der Waals surface area (Å²) in [5.41, 5.74) is 4.65. The van der Waals surface area contributed by atoms with Crippen molar-refractivity contribution in [2.75, 3.05) is 0 Å². The third kappa shape index (κ3) is 6.31. The van der Waals surface area contributed by atoms with Gasteiger partial charge in [-0.1, -0.05) is 72.8 Å². The van der Waals surface area contributed by atoms with Gasteiger partial charge in [-0.05, 0) is 93.6 Å². The fraction of sp³-hybridized carbons (Fsp3) is 0.129. The molecule has 0 N–H and O–H groups in total. The Hall–Kier alpha value is -3.39. The van der Waals surface area contributed by atoms with Crippen molar-refractivity contribution in [1.29, 1.82) is 0 Å². The first-order chi connectivity index (χ1) is 17.7. The number of halogens is 4. The van der Waals surface area contributed by atoms with Crippen LogP contribution in [-0.2, 0) is 12.8 Å². The molecule has 0 bridgehead atoms. The van der Waals surface area contributed by atoms with Crippen LogP contribution < -0.4 is 4.74 Å². The van der Waals surface area contributed by atoms with Crippen molar-refractivity contribution in [1.82, 2.24) is 0 Å². The van der Waals surface area contributed by atoms with Crippen LogP contribution in [0.1, 0.15) is 43.7 Å². The first-order valence-electron chi connectivity index (χ1n) is 11.6. The second kappa shape index (κ2) is 11.3. The standard InChI is InChI=1S/C31H24F3IO2/c1-20-11-12-22(15-29(20)35)19-37-30-17-25(28(31(32,33)34)16-26(30)18-36)14-13-23-9-6-10-27(21(23)2)24-7-4-3-5-8-24/h3-18H,19H2,1-2H3/b14-13+. The summed E-state index contributed by atoms with van der Waals surface area (Å²) in [4.78, 5) is 11.7. The van der Waals surface area contributed by atoms with Crippen molar-refractivity contribution in [2.24, 2.45) is 0 Å². The van der Waals surface area contributed by atoms with Gasteiger partial charge in [0.1, 0.15) is 12.4 Å². The van der Waals surface area contributed by atoms with Crippen LogP contribution in [0, 0.1) is 17.4 Å². The Bertz CT molecular complexity index is 1460. The van der Waals surface area contributed by atoms with Crippen LogP contribution in [0.25, 0.3) is 23.3 Å². The lowest BCUT2D eigenvalue weighted by Crippen LogP contribution is -2.10. The van der Waals surface area contributed by atoms with E-state index in [0.717, 1.165) is 43.0 Å². The third-order valence-electron chi connectivity index (χ3n) is 6.15. The van der Waals surface area contributed by atoms with Crippen molar-refractivity contribution in [2.45, 2.75) is 26.6 Å². The number of benzene rings is 4. The number of carbonyl (C=O) groups is 1. The molecule has 0 saturated carbocycles. The summed E-state index contributed by atoms with van der Waals surface area (Å²) in [6.45, 7) is 4.06. The van der Waals surface area contributed by atoms with E-state index in [1.54, 1.807) is 6.08 Å². The first kappa shape index (κ1) is 26.7. The predicted octanol–water partition coefficient (Wildman–Crippen LogP) is 9.16. The number of rotatable bonds is 7. The van der Waals surface area contributed by atoms with E-state index in [9.17, 15) is 18.0 Å². The maximum Gasteiger partial charge on any atom is 0.417 e. The van der Waals surface area contributed by atoms with Gasteiger partial charge in [0.2, 0.25) is 0 Å². The van der Waals surface area contributed by atoms with Crippen molar-refractivity contribution in [3.63, 3.8) is 0 Å². The molecule has 0 aliphatic carbocycles. The zero-order valence-electron chi connectivity index (χ0n) is 20.3. The summed E-state index contributed by atoms with van der Waals surface area (Å²) in [5.74, 6) is 0.105. The van der Waals surface area contributed by atoms with Gasteiger partial charge in [0.25, 0.3) is 0 Å². The molecule has 4 aromatic rings. The second-order valence-corrected chi connectivity index (χ2v) is 9.85. The normalized spacial score (nSPS) is 11.6. The highest BCUT2D eigenvalue weighted by atomic mass is 127. The maximum atomic E-state index is 13.9. The number of carbonyl (C=O) groups excluding carboxylic acids is 1. The van der Waals surface area contributed by atoms with Crippen LogP contribution in [0.4, 0.5) is 13.2 Å². The molecule has 2 nitrogen and oxygen atoms in total. The quantitative estimate of drug-likeness (QED) is 0.118. The molecule has 0 spiro atoms. The van der Waals surface area contributed by atoms with Crippen LogP contribution in [0.5, 0.6) is 5.75 Å². The number of alkyl halides is 3. The number of hydrogen-bond donors (Lipinski definition) is 0. The van der Waals surface area contributed by atoms with Gasteiger partial charge >= 0.3 is 6.18 Å². The first-order valence-corrected chi connectivity index (χ1v) is 12.7. The predicted molar refractivity (Wildman–Crippen MR) is 151 cm³/mol. The van der Waals surface area contributed by atoms with Crippen molar-refractivity contribution < 1.29 is 22.7 Å². The van der Waals surface area contributed by atoms with Gasteiger partial charge in [0.15, 0.2) is 6.29 Å². The Morgan fingerprint density at radius 2 is 1.57 bits per heavy atom. The molecule has 0 aliphatic rings. The highest BCUT2D eigenvalue weighted by molar-refractivity contribution is 14.1. The summed E-state index contributed by atoms with van der Waals surface area (Å²) in [7, 11) is 0. The molecule has 0 heterocycles. The van der Waals surface area contributed by atoms with Gasteiger partial charge in [-0.25, -0.2) is 0 Å². The molecule has 0 aromatic heterocycles. The molecule has 0 unspecified atom stereocenters. The van der Waals surface area contributed by atoms with Crippen LogP contribution in [0.15, 0.2) is 78.9 Å². The topological polar surface area (TPSA) is 26.3 Å². The minimum absolute atomic E-state index is 0.0731. The molecule has 6 heteroatoms. The van der Waals surface area contributed by atoms with Gasteiger partial charge in [-0.3, -0.25) is 4.79 Å². The van der Waals surface area contributed by atoms with E-state index < -0.39 is 11.7 Å². The highest BCUT2D eigenvalue weighted by Gasteiger charge is 2.34. The zero-order chi connectivity index (χ0) is 26.6. The molecule has 0 radical (unpaired) electrons. The smallest absolute Gasteiger partial charge is 0.417 e. The third-order valence-corrected chi connectivity index (χ3v) is 7.31. The zero-order valence-corrected chi connectivity index (χ0v) is 22.4. The van der Waals surface area contributed by atoms with Crippen LogP contribution in [0.3, 0.4) is 0 Å². The fourth-order valence-corrected chi connectivity index (χ4v) is 4.62. The Kier molecular flexibility index (Phi) is 8.17. The van der Waals surface area contributed by atoms with Crippen molar-refractivity contribution >= 4 is 41.0 Å². The lowest BCUT2D eigenvalue weighted by atomic mass is 9.95. The summed E-state index contributed by atoms with van der Waals surface area (Å²) in [5, 5.41) is 0. The van der Waals surface area contributed by atoms with Gasteiger partial charge in [0, 0.05) is 3.57 Å². The number of aryl methyl sites for hydroxylation is 1. The van der Waals surface area contributed by atoms with Crippen molar-refractivity contribution in [3.05, 3.63) is 121 Å². The number of aldehydes is 1. The van der Waals surface area contributed by atoms with E-state index in [0.29, 0.717) is 6.29 Å². The largest absolute Gasteiger partial charge is 0.488 e. The minimum atomic E-state index is -4.63. The van der Waals surface area contributed by atoms with Crippen LogP contribution >= 0.6 is 22.6 Å². The molecule has 37 heavy (non-hydrogen) atoms. The van der Waals surface area contributed by atoms with Gasteiger partial charge < -0.3 is 4.74 Å². The van der Waals surface area contributed by atoms with Gasteiger partial charge in [-0.2, -0.15) is 13.2 Å². The Balaban J connectivity index is 1.71.